The predicted molar refractivity (Wildman–Crippen MR) is 99.3 cm³/mol. The van der Waals surface area contributed by atoms with E-state index < -0.39 is 0 Å². The van der Waals surface area contributed by atoms with Crippen LogP contribution in [0.15, 0.2) is 34.8 Å². The van der Waals surface area contributed by atoms with Gasteiger partial charge in [0.15, 0.2) is 5.13 Å². The first-order valence-corrected chi connectivity index (χ1v) is 9.62. The number of carbonyl (C=O) groups excluding carboxylic acids is 1. The number of thiazole rings is 1. The molecule has 0 radical (unpaired) electrons. The molecule has 1 N–H and O–H groups in total. The number of thioether (sulfide) groups is 1. The van der Waals surface area contributed by atoms with Gasteiger partial charge in [-0.25, -0.2) is 9.37 Å². The van der Waals surface area contributed by atoms with E-state index in [1.165, 1.54) is 28.2 Å². The molecule has 0 aliphatic rings. The molecular formula is C16H17FN6OS2. The molecule has 26 heavy (non-hydrogen) atoms. The van der Waals surface area contributed by atoms with E-state index >= 15 is 0 Å². The molecule has 136 valence electrons. The number of rotatable bonds is 5. The highest BCUT2D eigenvalue weighted by Gasteiger charge is 2.18. The smallest absolute Gasteiger partial charge is 0.236 e. The van der Waals surface area contributed by atoms with E-state index in [0.717, 1.165) is 17.5 Å². The number of nitrogens with one attached hydrogen (secondary N) is 1. The molecule has 7 nitrogen and oxygen atoms in total. The van der Waals surface area contributed by atoms with Crippen LogP contribution in [0.5, 0.6) is 0 Å². The Morgan fingerprint density at radius 3 is 2.88 bits per heavy atom. The van der Waals surface area contributed by atoms with E-state index in [-0.39, 0.29) is 22.9 Å². The zero-order chi connectivity index (χ0) is 18.7. The van der Waals surface area contributed by atoms with Crippen LogP contribution in [-0.2, 0) is 10.2 Å². The molecule has 0 unspecified atom stereocenters. The third kappa shape index (κ3) is 4.44. The maximum absolute atomic E-state index is 13.4. The molecule has 0 aliphatic heterocycles. The number of aromatic nitrogens is 5. The Kier molecular flexibility index (Phi) is 5.33. The maximum atomic E-state index is 13.4. The fourth-order valence-corrected chi connectivity index (χ4v) is 3.64. The Hall–Kier alpha value is -2.33. The van der Waals surface area contributed by atoms with Crippen LogP contribution in [0.3, 0.4) is 0 Å². The monoisotopic (exact) mass is 392 g/mol. The predicted octanol–water partition coefficient (Wildman–Crippen LogP) is 3.29. The first-order valence-electron chi connectivity index (χ1n) is 7.76. The van der Waals surface area contributed by atoms with Crippen LogP contribution in [0.2, 0.25) is 0 Å². The number of carbonyl (C=O) groups is 1. The van der Waals surface area contributed by atoms with E-state index in [1.54, 1.807) is 12.1 Å². The van der Waals surface area contributed by atoms with Gasteiger partial charge in [0.25, 0.3) is 0 Å². The van der Waals surface area contributed by atoms with Crippen LogP contribution in [0, 0.1) is 5.82 Å². The highest BCUT2D eigenvalue weighted by Crippen LogP contribution is 2.26. The molecular weight excluding hydrogens is 375 g/mol. The Labute approximate surface area is 158 Å². The maximum Gasteiger partial charge on any atom is 0.236 e. The molecule has 0 saturated heterocycles. The van der Waals surface area contributed by atoms with Crippen LogP contribution in [-0.4, -0.2) is 36.9 Å². The molecule has 3 aromatic rings. The summed E-state index contributed by atoms with van der Waals surface area (Å²) in [6.07, 6.45) is 0. The second kappa shape index (κ2) is 7.50. The summed E-state index contributed by atoms with van der Waals surface area (Å²) in [7, 11) is 0. The fourth-order valence-electron chi connectivity index (χ4n) is 2.00. The lowest BCUT2D eigenvalue weighted by Gasteiger charge is -2.14. The molecule has 0 bridgehead atoms. The largest absolute Gasteiger partial charge is 0.301 e. The Balaban J connectivity index is 1.62. The fraction of sp³-hybridized carbons (Fsp3) is 0.312. The van der Waals surface area contributed by atoms with Gasteiger partial charge in [0.05, 0.1) is 17.1 Å². The number of nitrogens with zero attached hydrogens (tertiary/aromatic N) is 5. The lowest BCUT2D eigenvalue weighted by atomic mass is 9.93. The van der Waals surface area contributed by atoms with Crippen LogP contribution in [0.1, 0.15) is 26.5 Å². The average molecular weight is 392 g/mol. The van der Waals surface area contributed by atoms with Gasteiger partial charge in [0.2, 0.25) is 11.1 Å². The van der Waals surface area contributed by atoms with E-state index in [4.69, 9.17) is 0 Å². The van der Waals surface area contributed by atoms with Crippen molar-refractivity contribution in [2.24, 2.45) is 0 Å². The van der Waals surface area contributed by atoms with Crippen molar-refractivity contribution in [3.63, 3.8) is 0 Å². The standard InChI is InChI=1S/C16H17FN6OS2/c1-16(2,3)12-8-25-14(18-12)19-13(24)9-26-15-20-21-22-23(15)11-6-4-5-10(17)7-11/h4-8H,9H2,1-3H3,(H,18,19,24). The molecule has 0 saturated carbocycles. The number of hydrogen-bond donors (Lipinski definition) is 1. The lowest BCUT2D eigenvalue weighted by molar-refractivity contribution is -0.113. The number of amides is 1. The van der Waals surface area contributed by atoms with Crippen molar-refractivity contribution in [3.05, 3.63) is 41.2 Å². The quantitative estimate of drug-likeness (QED) is 0.671. The summed E-state index contributed by atoms with van der Waals surface area (Å²) in [4.78, 5) is 16.6. The molecule has 10 heteroatoms. The minimum Gasteiger partial charge on any atom is -0.301 e. The topological polar surface area (TPSA) is 85.6 Å². The van der Waals surface area contributed by atoms with Gasteiger partial charge in [-0.15, -0.1) is 16.4 Å². The molecule has 0 fully saturated rings. The molecule has 0 atom stereocenters. The van der Waals surface area contributed by atoms with Crippen molar-refractivity contribution in [2.75, 3.05) is 11.1 Å². The third-order valence-electron chi connectivity index (χ3n) is 3.34. The first-order chi connectivity index (χ1) is 12.3. The summed E-state index contributed by atoms with van der Waals surface area (Å²) < 4.78 is 14.8. The molecule has 3 rings (SSSR count). The third-order valence-corrected chi connectivity index (χ3v) is 5.02. The second-order valence-corrected chi connectivity index (χ2v) is 8.28. The zero-order valence-electron chi connectivity index (χ0n) is 14.4. The van der Waals surface area contributed by atoms with Crippen molar-refractivity contribution in [1.82, 2.24) is 25.2 Å². The minimum atomic E-state index is -0.384. The molecule has 1 aromatic carbocycles. The first kappa shape index (κ1) is 18.5. The van der Waals surface area contributed by atoms with E-state index in [9.17, 15) is 9.18 Å². The van der Waals surface area contributed by atoms with Crippen molar-refractivity contribution < 1.29 is 9.18 Å². The molecule has 0 aliphatic carbocycles. The highest BCUT2D eigenvalue weighted by molar-refractivity contribution is 7.99. The molecule has 2 aromatic heterocycles. The van der Waals surface area contributed by atoms with E-state index in [0.29, 0.717) is 16.0 Å². The molecule has 2 heterocycles. The van der Waals surface area contributed by atoms with E-state index in [1.807, 2.05) is 5.38 Å². The SMILES string of the molecule is CC(C)(C)c1csc(NC(=O)CSc2nnnn2-c2cccc(F)c2)n1. The van der Waals surface area contributed by atoms with Crippen LogP contribution in [0.25, 0.3) is 5.69 Å². The van der Waals surface area contributed by atoms with Gasteiger partial charge in [-0.05, 0) is 28.6 Å². The summed E-state index contributed by atoms with van der Waals surface area (Å²) in [5.74, 6) is -0.483. The van der Waals surface area contributed by atoms with Gasteiger partial charge in [-0.2, -0.15) is 4.68 Å². The normalized spacial score (nSPS) is 11.5. The van der Waals surface area contributed by atoms with Crippen LogP contribution >= 0.6 is 23.1 Å². The number of benzene rings is 1. The highest BCUT2D eigenvalue weighted by atomic mass is 32.2. The summed E-state index contributed by atoms with van der Waals surface area (Å²) in [6, 6.07) is 5.92. The number of halogens is 1. The second-order valence-electron chi connectivity index (χ2n) is 6.48. The van der Waals surface area contributed by atoms with Gasteiger partial charge < -0.3 is 5.32 Å². The van der Waals surface area contributed by atoms with Crippen LogP contribution < -0.4 is 5.32 Å². The summed E-state index contributed by atoms with van der Waals surface area (Å²) in [5.41, 5.74) is 1.36. The van der Waals surface area contributed by atoms with Crippen molar-refractivity contribution in [2.45, 2.75) is 31.3 Å². The van der Waals surface area contributed by atoms with Crippen molar-refractivity contribution >= 4 is 34.1 Å². The van der Waals surface area contributed by atoms with Crippen molar-refractivity contribution in [1.29, 1.82) is 0 Å². The lowest BCUT2D eigenvalue weighted by Crippen LogP contribution is -2.16. The van der Waals surface area contributed by atoms with Crippen molar-refractivity contribution in [3.8, 4) is 5.69 Å². The summed E-state index contributed by atoms with van der Waals surface area (Å²) in [6.45, 7) is 6.20. The average Bonchev–Trinajstić information content (AvgIpc) is 3.21. The van der Waals surface area contributed by atoms with Gasteiger partial charge in [0, 0.05) is 10.8 Å². The van der Waals surface area contributed by atoms with Gasteiger partial charge in [-0.1, -0.05) is 38.6 Å². The molecule has 0 spiro atoms. The van der Waals surface area contributed by atoms with Gasteiger partial charge >= 0.3 is 0 Å². The number of hydrogen-bond acceptors (Lipinski definition) is 7. The molecule has 1 amide bonds. The Morgan fingerprint density at radius 2 is 2.19 bits per heavy atom. The Morgan fingerprint density at radius 1 is 1.38 bits per heavy atom. The van der Waals surface area contributed by atoms with Gasteiger partial charge in [-0.3, -0.25) is 4.79 Å². The van der Waals surface area contributed by atoms with E-state index in [2.05, 4.69) is 46.6 Å². The Bertz CT molecular complexity index is 917. The summed E-state index contributed by atoms with van der Waals surface area (Å²) in [5, 5.41) is 17.0. The van der Waals surface area contributed by atoms with Crippen LogP contribution in [0.4, 0.5) is 9.52 Å². The minimum absolute atomic E-state index is 0.0682. The van der Waals surface area contributed by atoms with Gasteiger partial charge in [0.1, 0.15) is 5.82 Å². The summed E-state index contributed by atoms with van der Waals surface area (Å²) >= 11 is 2.55. The number of tetrazole rings is 1. The number of anilines is 1. The zero-order valence-corrected chi connectivity index (χ0v) is 16.1.